The van der Waals surface area contributed by atoms with Crippen LogP contribution in [0.15, 0.2) is 0 Å². The molecular formula is C12H22N2OS. The highest BCUT2D eigenvalue weighted by molar-refractivity contribution is 8.00. The third-order valence-corrected chi connectivity index (χ3v) is 4.95. The average Bonchev–Trinajstić information content (AvgIpc) is 3.01. The highest BCUT2D eigenvalue weighted by Gasteiger charge is 2.32. The van der Waals surface area contributed by atoms with E-state index in [2.05, 4.69) is 17.6 Å². The average molecular weight is 242 g/mol. The molecule has 1 amide bonds. The Bertz CT molecular complexity index is 241. The summed E-state index contributed by atoms with van der Waals surface area (Å²) >= 11 is 1.83. The van der Waals surface area contributed by atoms with Gasteiger partial charge in [0.1, 0.15) is 0 Å². The van der Waals surface area contributed by atoms with Gasteiger partial charge in [0.15, 0.2) is 0 Å². The fourth-order valence-electron chi connectivity index (χ4n) is 2.14. The van der Waals surface area contributed by atoms with Crippen LogP contribution >= 0.6 is 11.8 Å². The normalized spacial score (nSPS) is 30.1. The van der Waals surface area contributed by atoms with E-state index in [-0.39, 0.29) is 5.91 Å². The van der Waals surface area contributed by atoms with Crippen LogP contribution in [0.2, 0.25) is 0 Å². The smallest absolute Gasteiger partial charge is 0.230 e. The molecule has 2 unspecified atom stereocenters. The fourth-order valence-corrected chi connectivity index (χ4v) is 3.19. The number of amides is 1. The number of thioether (sulfide) groups is 1. The van der Waals surface area contributed by atoms with Gasteiger partial charge in [0.25, 0.3) is 0 Å². The van der Waals surface area contributed by atoms with E-state index in [1.54, 1.807) is 0 Å². The summed E-state index contributed by atoms with van der Waals surface area (Å²) in [7, 11) is 0. The maximum absolute atomic E-state index is 11.6. The van der Waals surface area contributed by atoms with Gasteiger partial charge in [-0.2, -0.15) is 0 Å². The van der Waals surface area contributed by atoms with E-state index in [9.17, 15) is 4.79 Å². The summed E-state index contributed by atoms with van der Waals surface area (Å²) in [5.74, 6) is 2.46. The quantitative estimate of drug-likeness (QED) is 0.762. The van der Waals surface area contributed by atoms with E-state index in [1.807, 2.05) is 11.8 Å². The van der Waals surface area contributed by atoms with Crippen LogP contribution in [0.3, 0.4) is 0 Å². The Kier molecular flexibility index (Phi) is 4.53. The minimum Gasteiger partial charge on any atom is -0.355 e. The lowest BCUT2D eigenvalue weighted by Crippen LogP contribution is -2.32. The van der Waals surface area contributed by atoms with Crippen LogP contribution in [0.5, 0.6) is 0 Å². The van der Waals surface area contributed by atoms with Crippen LogP contribution in [0, 0.1) is 11.8 Å². The molecule has 0 aromatic rings. The Hall–Kier alpha value is -0.220. The van der Waals surface area contributed by atoms with E-state index >= 15 is 0 Å². The topological polar surface area (TPSA) is 41.1 Å². The summed E-state index contributed by atoms with van der Waals surface area (Å²) < 4.78 is 0. The van der Waals surface area contributed by atoms with Crippen molar-refractivity contribution in [2.24, 2.45) is 11.8 Å². The largest absolute Gasteiger partial charge is 0.355 e. The van der Waals surface area contributed by atoms with Crippen LogP contribution in [-0.2, 0) is 4.79 Å². The number of hydrogen-bond donors (Lipinski definition) is 2. The van der Waals surface area contributed by atoms with Crippen molar-refractivity contribution in [3.05, 3.63) is 0 Å². The first-order valence-corrected chi connectivity index (χ1v) is 7.39. The van der Waals surface area contributed by atoms with Gasteiger partial charge in [0.2, 0.25) is 5.91 Å². The summed E-state index contributed by atoms with van der Waals surface area (Å²) in [6.45, 7) is 5.37. The van der Waals surface area contributed by atoms with Gasteiger partial charge in [-0.05, 0) is 44.2 Å². The van der Waals surface area contributed by atoms with Gasteiger partial charge in [-0.15, -0.1) is 11.8 Å². The zero-order valence-electron chi connectivity index (χ0n) is 10.00. The molecule has 1 aliphatic carbocycles. The van der Waals surface area contributed by atoms with E-state index < -0.39 is 0 Å². The van der Waals surface area contributed by atoms with Gasteiger partial charge in [0, 0.05) is 11.8 Å². The van der Waals surface area contributed by atoms with Crippen LogP contribution < -0.4 is 10.6 Å². The molecule has 4 heteroatoms. The lowest BCUT2D eigenvalue weighted by atomic mass is 10.2. The van der Waals surface area contributed by atoms with Gasteiger partial charge >= 0.3 is 0 Å². The summed E-state index contributed by atoms with van der Waals surface area (Å²) in [6.07, 6.45) is 3.71. The van der Waals surface area contributed by atoms with Gasteiger partial charge < -0.3 is 10.6 Å². The molecule has 0 radical (unpaired) electrons. The number of rotatable bonds is 5. The number of nitrogens with one attached hydrogen (secondary N) is 2. The lowest BCUT2D eigenvalue weighted by molar-refractivity contribution is -0.118. The van der Waals surface area contributed by atoms with E-state index in [0.29, 0.717) is 11.0 Å². The van der Waals surface area contributed by atoms with Crippen molar-refractivity contribution in [1.29, 1.82) is 0 Å². The Balaban J connectivity index is 1.52. The molecular weight excluding hydrogens is 220 g/mol. The Morgan fingerprint density at radius 1 is 1.44 bits per heavy atom. The molecule has 0 aromatic heterocycles. The zero-order valence-corrected chi connectivity index (χ0v) is 10.8. The predicted molar refractivity (Wildman–Crippen MR) is 68.6 cm³/mol. The van der Waals surface area contributed by atoms with Gasteiger partial charge in [-0.1, -0.05) is 6.92 Å². The maximum Gasteiger partial charge on any atom is 0.230 e. The molecule has 3 nitrogen and oxygen atoms in total. The minimum absolute atomic E-state index is 0.225. The van der Waals surface area contributed by atoms with Crippen molar-refractivity contribution in [1.82, 2.24) is 10.6 Å². The monoisotopic (exact) mass is 242 g/mol. The summed E-state index contributed by atoms with van der Waals surface area (Å²) in [5.41, 5.74) is 0. The molecule has 2 N–H and O–H groups in total. The molecule has 2 aliphatic rings. The fraction of sp³-hybridized carbons (Fsp3) is 0.917. The third kappa shape index (κ3) is 3.98. The van der Waals surface area contributed by atoms with Gasteiger partial charge in [0.05, 0.1) is 5.75 Å². The number of carbonyl (C=O) groups is 1. The number of hydrogen-bond acceptors (Lipinski definition) is 3. The zero-order chi connectivity index (χ0) is 11.4. The molecule has 1 saturated carbocycles. The molecule has 0 aromatic carbocycles. The van der Waals surface area contributed by atoms with Crippen molar-refractivity contribution in [3.63, 3.8) is 0 Å². The molecule has 2 fully saturated rings. The van der Waals surface area contributed by atoms with Gasteiger partial charge in [-0.3, -0.25) is 4.79 Å². The highest BCUT2D eigenvalue weighted by Crippen LogP contribution is 2.36. The maximum atomic E-state index is 11.6. The lowest BCUT2D eigenvalue weighted by Gasteiger charge is -2.21. The Labute approximate surface area is 102 Å². The molecule has 1 heterocycles. The van der Waals surface area contributed by atoms with Crippen molar-refractivity contribution in [3.8, 4) is 0 Å². The van der Waals surface area contributed by atoms with E-state index in [1.165, 1.54) is 19.3 Å². The van der Waals surface area contributed by atoms with Crippen LogP contribution in [0.4, 0.5) is 0 Å². The number of piperidine rings is 1. The molecule has 0 bridgehead atoms. The first kappa shape index (κ1) is 12.2. The van der Waals surface area contributed by atoms with Crippen LogP contribution in [0.25, 0.3) is 0 Å². The van der Waals surface area contributed by atoms with Crippen molar-refractivity contribution < 1.29 is 4.79 Å². The van der Waals surface area contributed by atoms with Crippen LogP contribution in [0.1, 0.15) is 26.2 Å². The first-order valence-electron chi connectivity index (χ1n) is 6.34. The van der Waals surface area contributed by atoms with E-state index in [0.717, 1.165) is 31.5 Å². The molecule has 1 saturated heterocycles. The summed E-state index contributed by atoms with van der Waals surface area (Å²) in [5, 5.41) is 7.07. The molecule has 1 aliphatic heterocycles. The molecule has 2 rings (SSSR count). The Morgan fingerprint density at radius 2 is 2.12 bits per heavy atom. The summed E-state index contributed by atoms with van der Waals surface area (Å²) in [6, 6.07) is 0. The second-order valence-electron chi connectivity index (χ2n) is 5.04. The predicted octanol–water partition coefficient (Wildman–Crippen LogP) is 1.24. The van der Waals surface area contributed by atoms with Crippen molar-refractivity contribution in [2.75, 3.05) is 25.4 Å². The SMILES string of the molecule is CC1CC1CNC(=O)CSC1CCNCC1. The summed E-state index contributed by atoms with van der Waals surface area (Å²) in [4.78, 5) is 11.6. The Morgan fingerprint density at radius 3 is 2.75 bits per heavy atom. The molecule has 16 heavy (non-hydrogen) atoms. The molecule has 0 spiro atoms. The van der Waals surface area contributed by atoms with E-state index in [4.69, 9.17) is 0 Å². The molecule has 2 atom stereocenters. The first-order chi connectivity index (χ1) is 7.75. The van der Waals surface area contributed by atoms with Crippen LogP contribution in [-0.4, -0.2) is 36.5 Å². The number of carbonyl (C=O) groups excluding carboxylic acids is 1. The third-order valence-electron chi connectivity index (χ3n) is 3.57. The molecule has 92 valence electrons. The second kappa shape index (κ2) is 5.92. The highest BCUT2D eigenvalue weighted by atomic mass is 32.2. The van der Waals surface area contributed by atoms with Gasteiger partial charge in [-0.25, -0.2) is 0 Å². The van der Waals surface area contributed by atoms with Crippen molar-refractivity contribution in [2.45, 2.75) is 31.4 Å². The standard InChI is InChI=1S/C12H22N2OS/c1-9-6-10(9)7-14-12(15)8-16-11-2-4-13-5-3-11/h9-11,13H,2-8H2,1H3,(H,14,15). The minimum atomic E-state index is 0.225. The second-order valence-corrected chi connectivity index (χ2v) is 6.33. The van der Waals surface area contributed by atoms with Crippen molar-refractivity contribution >= 4 is 17.7 Å².